The highest BCUT2D eigenvalue weighted by molar-refractivity contribution is 7.54. The van der Waals surface area contributed by atoms with Crippen LogP contribution in [0.25, 0.3) is 11.2 Å². The van der Waals surface area contributed by atoms with E-state index in [2.05, 4.69) is 15.0 Å². The highest BCUT2D eigenvalue weighted by atomic mass is 31.2. The smallest absolute Gasteiger partial charge is 0.359 e. The summed E-state index contributed by atoms with van der Waals surface area (Å²) in [5.41, 5.74) is 3.50. The molecule has 162 valence electrons. The zero-order chi connectivity index (χ0) is 21.8. The summed E-state index contributed by atoms with van der Waals surface area (Å²) < 4.78 is 24.8. The summed E-state index contributed by atoms with van der Waals surface area (Å²) in [5.74, 6) is -0.121. The number of aromatic nitrogens is 4. The van der Waals surface area contributed by atoms with Gasteiger partial charge in [-0.25, -0.2) is 9.36 Å². The molecule has 0 aliphatic carbocycles. The lowest BCUT2D eigenvalue weighted by Crippen LogP contribution is -2.33. The van der Waals surface area contributed by atoms with Crippen LogP contribution in [0.2, 0.25) is 0 Å². The van der Waals surface area contributed by atoms with Gasteiger partial charge in [-0.3, -0.25) is 19.3 Å². The summed E-state index contributed by atoms with van der Waals surface area (Å²) in [6.07, 6.45) is 0.198. The first-order chi connectivity index (χ1) is 13.2. The predicted molar refractivity (Wildman–Crippen MR) is 104 cm³/mol. The third-order valence-electron chi connectivity index (χ3n) is 4.75. The van der Waals surface area contributed by atoms with Crippen LogP contribution in [0.4, 0.5) is 5.95 Å². The number of aliphatic hydroxyl groups is 1. The van der Waals surface area contributed by atoms with Crippen molar-refractivity contribution in [1.82, 2.24) is 19.5 Å². The molecule has 2 unspecified atom stereocenters. The van der Waals surface area contributed by atoms with E-state index in [0.717, 1.165) is 0 Å². The van der Waals surface area contributed by atoms with Gasteiger partial charge in [-0.05, 0) is 40.5 Å². The minimum atomic E-state index is -4.29. The quantitative estimate of drug-likeness (QED) is 0.412. The van der Waals surface area contributed by atoms with Gasteiger partial charge in [0.25, 0.3) is 5.56 Å². The highest BCUT2D eigenvalue weighted by Crippen LogP contribution is 2.57. The van der Waals surface area contributed by atoms with Crippen molar-refractivity contribution < 1.29 is 23.8 Å². The fourth-order valence-electron chi connectivity index (χ4n) is 3.35. The molecule has 1 aliphatic heterocycles. The van der Waals surface area contributed by atoms with Crippen LogP contribution in [-0.2, 0) is 13.8 Å². The number of imidazole rings is 1. The van der Waals surface area contributed by atoms with Crippen LogP contribution in [0.5, 0.6) is 0 Å². The van der Waals surface area contributed by atoms with E-state index in [1.165, 1.54) is 18.4 Å². The Balaban J connectivity index is 1.78. The van der Waals surface area contributed by atoms with Crippen molar-refractivity contribution in [3.05, 3.63) is 20.8 Å². The van der Waals surface area contributed by atoms with Crippen molar-refractivity contribution in [2.45, 2.75) is 70.2 Å². The van der Waals surface area contributed by atoms with E-state index in [9.17, 15) is 24.2 Å². The number of aromatic amines is 2. The van der Waals surface area contributed by atoms with Gasteiger partial charge in [0.15, 0.2) is 16.5 Å². The van der Waals surface area contributed by atoms with E-state index >= 15 is 0 Å². The summed E-state index contributed by atoms with van der Waals surface area (Å²) in [5, 5.41) is 7.95. The third-order valence-corrected chi connectivity index (χ3v) is 6.88. The van der Waals surface area contributed by atoms with E-state index < -0.39 is 36.0 Å². The molecule has 0 bridgehead atoms. The lowest BCUT2D eigenvalue weighted by molar-refractivity contribution is -0.0406. The van der Waals surface area contributed by atoms with Gasteiger partial charge < -0.3 is 25.0 Å². The van der Waals surface area contributed by atoms with Gasteiger partial charge in [0, 0.05) is 6.42 Å². The molecule has 0 aromatic carbocycles. The number of ether oxygens (including phenoxy) is 1. The second-order valence-electron chi connectivity index (χ2n) is 8.31. The SMILES string of the molecule is CC(C)(CC1CC[C@H](n2c(=O)[nH]c3c(=O)[nH]c(N)nc32)O1)OP(=O)(O)C(C)(C)O. The molecule has 0 radical (unpaired) electrons. The highest BCUT2D eigenvalue weighted by Gasteiger charge is 2.44. The maximum absolute atomic E-state index is 12.4. The number of anilines is 1. The maximum Gasteiger partial charge on any atom is 0.359 e. The molecule has 3 atom stereocenters. The van der Waals surface area contributed by atoms with Gasteiger partial charge in [0.1, 0.15) is 6.23 Å². The molecule has 1 fully saturated rings. The molecule has 0 saturated carbocycles. The van der Waals surface area contributed by atoms with Crippen LogP contribution in [0.1, 0.15) is 53.2 Å². The molecule has 12 nitrogen and oxygen atoms in total. The Kier molecular flexibility index (Phi) is 5.29. The molecular formula is C16H26N5O7P. The Morgan fingerprint density at radius 2 is 1.97 bits per heavy atom. The predicted octanol–water partition coefficient (Wildman–Crippen LogP) is 0.772. The number of nitrogens with one attached hydrogen (secondary N) is 2. The lowest BCUT2D eigenvalue weighted by Gasteiger charge is -2.34. The van der Waals surface area contributed by atoms with Crippen LogP contribution in [0, 0.1) is 0 Å². The van der Waals surface area contributed by atoms with Gasteiger partial charge in [-0.1, -0.05) is 0 Å². The van der Waals surface area contributed by atoms with Gasteiger partial charge in [0.2, 0.25) is 5.95 Å². The number of H-pyrrole nitrogens is 2. The molecular weight excluding hydrogens is 405 g/mol. The number of nitrogens with two attached hydrogens (primary N) is 1. The normalized spacial score (nSPS) is 22.8. The zero-order valence-electron chi connectivity index (χ0n) is 16.6. The first-order valence-corrected chi connectivity index (χ1v) is 10.7. The van der Waals surface area contributed by atoms with E-state index in [-0.39, 0.29) is 29.6 Å². The lowest BCUT2D eigenvalue weighted by atomic mass is 9.99. The summed E-state index contributed by atoms with van der Waals surface area (Å²) in [4.78, 5) is 43.1. The molecule has 0 amide bonds. The fourth-order valence-corrected chi connectivity index (χ4v) is 4.32. The Morgan fingerprint density at radius 3 is 2.59 bits per heavy atom. The molecule has 3 heterocycles. The second-order valence-corrected chi connectivity index (χ2v) is 10.6. The average molecular weight is 431 g/mol. The standard InChI is InChI=1S/C16H26N5O7P/c1-15(2,28-29(25,26)16(3,4)24)7-8-5-6-9(27-8)21-11-10(18-14(21)23)12(22)20-13(17)19-11/h8-9,24H,5-7H2,1-4H3,(H,18,23)(H,25,26)(H3,17,19,20,22)/t8?,9-/m1/s1. The third kappa shape index (κ3) is 4.31. The van der Waals surface area contributed by atoms with Gasteiger partial charge in [-0.15, -0.1) is 0 Å². The van der Waals surface area contributed by atoms with Crippen molar-refractivity contribution >= 4 is 24.7 Å². The van der Waals surface area contributed by atoms with Crippen LogP contribution < -0.4 is 17.0 Å². The topological polar surface area (TPSA) is 186 Å². The maximum atomic E-state index is 12.4. The first-order valence-electron chi connectivity index (χ1n) is 9.12. The Hall–Kier alpha value is -1.98. The molecule has 2 aromatic heterocycles. The zero-order valence-corrected chi connectivity index (χ0v) is 17.5. The van der Waals surface area contributed by atoms with Crippen molar-refractivity contribution in [2.75, 3.05) is 5.73 Å². The van der Waals surface area contributed by atoms with E-state index in [4.69, 9.17) is 15.0 Å². The van der Waals surface area contributed by atoms with E-state index in [1.54, 1.807) is 13.8 Å². The largest absolute Gasteiger partial charge is 0.378 e. The molecule has 0 spiro atoms. The van der Waals surface area contributed by atoms with Crippen molar-refractivity contribution in [1.29, 1.82) is 0 Å². The number of nitrogens with zero attached hydrogens (tertiary/aromatic N) is 2. The van der Waals surface area contributed by atoms with Gasteiger partial charge in [-0.2, -0.15) is 4.98 Å². The van der Waals surface area contributed by atoms with E-state index in [1.807, 2.05) is 0 Å². The van der Waals surface area contributed by atoms with Crippen LogP contribution in [-0.4, -0.2) is 46.6 Å². The van der Waals surface area contributed by atoms with Crippen LogP contribution in [0.15, 0.2) is 9.59 Å². The second kappa shape index (κ2) is 7.06. The first kappa shape index (κ1) is 21.7. The summed E-state index contributed by atoms with van der Waals surface area (Å²) >= 11 is 0. The minimum absolute atomic E-state index is 0.00584. The van der Waals surface area contributed by atoms with Crippen molar-refractivity contribution in [3.8, 4) is 0 Å². The Bertz CT molecular complexity index is 1080. The molecule has 6 N–H and O–H groups in total. The van der Waals surface area contributed by atoms with Gasteiger partial charge in [0.05, 0.1) is 11.7 Å². The molecule has 2 aromatic rings. The number of hydrogen-bond donors (Lipinski definition) is 5. The summed E-state index contributed by atoms with van der Waals surface area (Å²) in [6.45, 7) is 5.65. The number of nitrogen functional groups attached to an aromatic ring is 1. The van der Waals surface area contributed by atoms with Crippen LogP contribution >= 0.6 is 7.60 Å². The minimum Gasteiger partial charge on any atom is -0.378 e. The Morgan fingerprint density at radius 1 is 1.31 bits per heavy atom. The van der Waals surface area contributed by atoms with Crippen molar-refractivity contribution in [2.24, 2.45) is 0 Å². The van der Waals surface area contributed by atoms with Crippen molar-refractivity contribution in [3.63, 3.8) is 0 Å². The summed E-state index contributed by atoms with van der Waals surface area (Å²) in [7, 11) is -4.29. The number of rotatable bonds is 6. The molecule has 13 heteroatoms. The molecule has 3 rings (SSSR count). The molecule has 1 saturated heterocycles. The molecule has 29 heavy (non-hydrogen) atoms. The summed E-state index contributed by atoms with van der Waals surface area (Å²) in [6, 6.07) is 0. The monoisotopic (exact) mass is 431 g/mol. The van der Waals surface area contributed by atoms with Crippen LogP contribution in [0.3, 0.4) is 0 Å². The van der Waals surface area contributed by atoms with E-state index in [0.29, 0.717) is 12.8 Å². The Labute approximate surface area is 165 Å². The van der Waals surface area contributed by atoms with Gasteiger partial charge >= 0.3 is 13.3 Å². The number of hydrogen-bond acceptors (Lipinski definition) is 8. The number of fused-ring (bicyclic) bond motifs is 1. The molecule has 1 aliphatic rings. The average Bonchev–Trinajstić information content (AvgIpc) is 3.08. The fraction of sp³-hybridized carbons (Fsp3) is 0.688.